The average Bonchev–Trinajstić information content (AvgIpc) is 3.72. The minimum atomic E-state index is -1.33. The fourth-order valence-electron chi connectivity index (χ4n) is 4.79. The number of nitrogens with zero attached hydrogens (tertiary/aromatic N) is 2. The van der Waals surface area contributed by atoms with Gasteiger partial charge in [0, 0.05) is 18.2 Å². The van der Waals surface area contributed by atoms with Crippen LogP contribution >= 0.6 is 11.3 Å². The van der Waals surface area contributed by atoms with E-state index in [-0.39, 0.29) is 48.6 Å². The summed E-state index contributed by atoms with van der Waals surface area (Å²) in [4.78, 5) is 57.5. The van der Waals surface area contributed by atoms with Crippen LogP contribution in [-0.2, 0) is 36.6 Å². The number of esters is 1. The summed E-state index contributed by atoms with van der Waals surface area (Å²) in [5, 5.41) is 6.81. The molecule has 0 spiro atoms. The molecule has 5 rings (SSSR count). The maximum absolute atomic E-state index is 14.0. The largest absolute Gasteiger partial charge is 0.497 e. The Bertz CT molecular complexity index is 1490. The first-order valence-corrected chi connectivity index (χ1v) is 13.5. The third-order valence-corrected chi connectivity index (χ3v) is 7.54. The van der Waals surface area contributed by atoms with Gasteiger partial charge in [0.15, 0.2) is 16.9 Å². The summed E-state index contributed by atoms with van der Waals surface area (Å²) < 4.78 is 20.5. The second-order valence-corrected chi connectivity index (χ2v) is 10.0. The van der Waals surface area contributed by atoms with E-state index in [9.17, 15) is 19.2 Å². The zero-order valence-corrected chi connectivity index (χ0v) is 23.1. The lowest BCUT2D eigenvalue weighted by Crippen LogP contribution is -2.64. The van der Waals surface area contributed by atoms with Crippen molar-refractivity contribution in [1.82, 2.24) is 10.3 Å². The Morgan fingerprint density at radius 2 is 1.83 bits per heavy atom. The number of carbonyl (C=O) groups excluding carboxylic acids is 4. The Morgan fingerprint density at radius 1 is 1.07 bits per heavy atom. The number of allylic oxidation sites excluding steroid dienone is 1. The number of methoxy groups -OCH3 is 2. The van der Waals surface area contributed by atoms with Crippen LogP contribution in [-0.4, -0.2) is 66.9 Å². The fraction of sp³-hybridized carbons (Fsp3) is 0.250. The number of hydrogen-bond acceptors (Lipinski definition) is 10. The van der Waals surface area contributed by atoms with Crippen LogP contribution in [0.3, 0.4) is 0 Å². The minimum Gasteiger partial charge on any atom is -0.497 e. The van der Waals surface area contributed by atoms with Crippen molar-refractivity contribution in [3.8, 4) is 5.75 Å². The van der Waals surface area contributed by atoms with Crippen molar-refractivity contribution in [2.75, 3.05) is 32.9 Å². The van der Waals surface area contributed by atoms with Crippen molar-refractivity contribution >= 4 is 40.3 Å². The molecule has 2 aliphatic rings. The second kappa shape index (κ2) is 11.8. The highest BCUT2D eigenvalue weighted by Crippen LogP contribution is 2.37. The maximum atomic E-state index is 14.0. The lowest BCUT2D eigenvalue weighted by atomic mass is 10.0. The molecule has 1 fully saturated rings. The smallest absolute Gasteiger partial charge is 0.433 e. The molecule has 212 valence electrons. The average molecular weight is 580 g/mol. The summed E-state index contributed by atoms with van der Waals surface area (Å²) in [7, 11) is 2.76. The van der Waals surface area contributed by atoms with Crippen LogP contribution in [0.25, 0.3) is 0 Å². The number of hydrogen-bond donors (Lipinski definition) is 2. The van der Waals surface area contributed by atoms with Gasteiger partial charge in [-0.25, -0.2) is 19.4 Å². The molecule has 0 bridgehead atoms. The molecule has 0 aliphatic carbocycles. The Hall–Kier alpha value is -4.75. The van der Waals surface area contributed by atoms with Crippen molar-refractivity contribution in [3.05, 3.63) is 88.4 Å². The summed E-state index contributed by atoms with van der Waals surface area (Å²) in [6, 6.07) is 14.2. The molecule has 2 aliphatic heterocycles. The number of benzene rings is 2. The van der Waals surface area contributed by atoms with E-state index in [2.05, 4.69) is 15.6 Å². The molecule has 1 aromatic heterocycles. The first-order valence-electron chi connectivity index (χ1n) is 12.6. The van der Waals surface area contributed by atoms with Crippen molar-refractivity contribution in [2.45, 2.75) is 18.9 Å². The van der Waals surface area contributed by atoms with Crippen LogP contribution < -0.4 is 15.4 Å². The highest BCUT2D eigenvalue weighted by molar-refractivity contribution is 7.14. The van der Waals surface area contributed by atoms with Gasteiger partial charge in [-0.15, -0.1) is 11.3 Å². The number of quaternary nitrogens is 1. The zero-order valence-electron chi connectivity index (χ0n) is 22.2. The van der Waals surface area contributed by atoms with Gasteiger partial charge in [-0.1, -0.05) is 46.9 Å². The Morgan fingerprint density at radius 3 is 2.49 bits per heavy atom. The summed E-state index contributed by atoms with van der Waals surface area (Å²) in [5.74, 6) is -1.09. The molecule has 4 amide bonds. The fourth-order valence-corrected chi connectivity index (χ4v) is 5.47. The number of carbonyl (C=O) groups is 4. The minimum absolute atomic E-state index is 0.0128. The number of imide groups is 1. The molecule has 2 aromatic carbocycles. The summed E-state index contributed by atoms with van der Waals surface area (Å²) in [5.41, 5.74) is 1.54. The predicted molar refractivity (Wildman–Crippen MR) is 145 cm³/mol. The molecule has 1 saturated heterocycles. The lowest BCUT2D eigenvalue weighted by Gasteiger charge is -2.33. The van der Waals surface area contributed by atoms with Gasteiger partial charge in [-0.05, 0) is 23.3 Å². The van der Waals surface area contributed by atoms with E-state index < -0.39 is 34.3 Å². The van der Waals surface area contributed by atoms with Crippen LogP contribution in [0.2, 0.25) is 0 Å². The predicted octanol–water partition coefficient (Wildman–Crippen LogP) is 2.97. The van der Waals surface area contributed by atoms with Crippen LogP contribution in [0.5, 0.6) is 5.75 Å². The van der Waals surface area contributed by atoms with E-state index in [1.54, 1.807) is 24.3 Å². The molecule has 3 aromatic rings. The molecule has 13 heteroatoms. The van der Waals surface area contributed by atoms with Crippen molar-refractivity contribution in [1.29, 1.82) is 0 Å². The van der Waals surface area contributed by atoms with Crippen LogP contribution in [0.15, 0.2) is 71.6 Å². The third-order valence-electron chi connectivity index (χ3n) is 6.79. The molecule has 12 nitrogen and oxygen atoms in total. The highest BCUT2D eigenvalue weighted by atomic mass is 32.1. The zero-order chi connectivity index (χ0) is 29.0. The van der Waals surface area contributed by atoms with Gasteiger partial charge >= 0.3 is 23.8 Å². The van der Waals surface area contributed by atoms with E-state index >= 15 is 0 Å². The van der Waals surface area contributed by atoms with Gasteiger partial charge in [0.2, 0.25) is 12.6 Å². The third kappa shape index (κ3) is 5.36. The van der Waals surface area contributed by atoms with E-state index in [1.807, 2.05) is 30.3 Å². The molecular formula is C28H27N4O8S+. The highest BCUT2D eigenvalue weighted by Gasteiger charge is 2.64. The lowest BCUT2D eigenvalue weighted by molar-refractivity contribution is -0.763. The number of ether oxygens (including phenoxy) is 4. The quantitative estimate of drug-likeness (QED) is 0.211. The van der Waals surface area contributed by atoms with Gasteiger partial charge < -0.3 is 18.9 Å². The van der Waals surface area contributed by atoms with Crippen molar-refractivity contribution < 1.29 is 42.6 Å². The molecule has 0 radical (unpaired) electrons. The van der Waals surface area contributed by atoms with E-state index in [0.29, 0.717) is 11.3 Å². The maximum Gasteiger partial charge on any atom is 0.433 e. The van der Waals surface area contributed by atoms with E-state index in [1.165, 1.54) is 19.6 Å². The number of thiazole rings is 1. The van der Waals surface area contributed by atoms with Gasteiger partial charge in [0.25, 0.3) is 5.91 Å². The molecule has 2 N–H and O–H groups in total. The van der Waals surface area contributed by atoms with Crippen molar-refractivity contribution in [2.24, 2.45) is 0 Å². The molecule has 2 atom stereocenters. The summed E-state index contributed by atoms with van der Waals surface area (Å²) >= 11 is 1.01. The number of anilines is 1. The van der Waals surface area contributed by atoms with Gasteiger partial charge in [0.1, 0.15) is 12.3 Å². The Balaban J connectivity index is 1.59. The SMILES string of the molecule is COC(=O)c1csc(NC(=O)[C@H](Cc2ccc(OC)cc2)[N+]2(C3=C(Cc4ccccc4)OCO3)C(=O)CNC2=O)n1. The number of amides is 4. The number of urea groups is 1. The monoisotopic (exact) mass is 579 g/mol. The van der Waals surface area contributed by atoms with Gasteiger partial charge in [-0.3, -0.25) is 15.4 Å². The standard InChI is InChI=1S/C28H26N4O8S/c1-37-19-10-8-18(9-11-19)12-21(24(34)31-27-30-20(15-41-27)26(35)38-2)32(23(33)14-29-28(32)36)25-22(39-16-40-25)13-17-6-4-3-5-7-17/h3-11,15,21H,12-14,16H2,1-2H3,(H-,29,30,31,34,36)/p+1/t21-,32?/m0/s1. The molecule has 1 unspecified atom stereocenters. The number of aromatic nitrogens is 1. The number of nitrogens with one attached hydrogen (secondary N) is 2. The first kappa shape index (κ1) is 27.8. The van der Waals surface area contributed by atoms with E-state index in [0.717, 1.165) is 16.9 Å². The van der Waals surface area contributed by atoms with E-state index in [4.69, 9.17) is 18.9 Å². The number of rotatable bonds is 10. The summed E-state index contributed by atoms with van der Waals surface area (Å²) in [6.07, 6.45) is 0.207. The first-order chi connectivity index (χ1) is 19.9. The molecule has 3 heterocycles. The van der Waals surface area contributed by atoms with Gasteiger partial charge in [-0.2, -0.15) is 0 Å². The van der Waals surface area contributed by atoms with Crippen LogP contribution in [0.1, 0.15) is 21.6 Å². The Labute approximate surface area is 239 Å². The van der Waals surface area contributed by atoms with Crippen molar-refractivity contribution in [3.63, 3.8) is 0 Å². The molecular weight excluding hydrogens is 552 g/mol. The summed E-state index contributed by atoms with van der Waals surface area (Å²) in [6.45, 7) is -0.523. The van der Waals surface area contributed by atoms with Crippen LogP contribution in [0.4, 0.5) is 9.93 Å². The topological polar surface area (TPSA) is 142 Å². The Kier molecular flexibility index (Phi) is 7.99. The van der Waals surface area contributed by atoms with Crippen LogP contribution in [0, 0.1) is 0 Å². The van der Waals surface area contributed by atoms with Gasteiger partial charge in [0.05, 0.1) is 14.2 Å². The second-order valence-electron chi connectivity index (χ2n) is 9.16. The molecule has 41 heavy (non-hydrogen) atoms. The molecule has 0 saturated carbocycles. The normalized spacial score (nSPS) is 18.8.